The molecule has 1 aliphatic carbocycles. The van der Waals surface area contributed by atoms with E-state index in [9.17, 15) is 41.7 Å². The molecule has 1 fully saturated rings. The number of anilines is 1. The Balaban J connectivity index is 1.97. The number of alkyl halides is 6. The highest BCUT2D eigenvalue weighted by atomic mass is 19.4. The van der Waals surface area contributed by atoms with Gasteiger partial charge in [-0.2, -0.15) is 5.26 Å². The fourth-order valence-corrected chi connectivity index (χ4v) is 4.23. The maximum atomic E-state index is 14.0. The summed E-state index contributed by atoms with van der Waals surface area (Å²) in [6, 6.07) is 10.7. The summed E-state index contributed by atoms with van der Waals surface area (Å²) in [6.07, 6.45) is -8.29. The van der Waals surface area contributed by atoms with Crippen LogP contribution in [0.1, 0.15) is 36.8 Å². The van der Waals surface area contributed by atoms with E-state index in [1.807, 2.05) is 0 Å². The number of hydrogen-bond acceptors (Lipinski definition) is 5. The molecular formula is C23H21F6N3O3. The van der Waals surface area contributed by atoms with Crippen LogP contribution in [0.4, 0.5) is 37.7 Å². The predicted molar refractivity (Wildman–Crippen MR) is 114 cm³/mol. The molecule has 188 valence electrons. The van der Waals surface area contributed by atoms with Crippen LogP contribution in [0, 0.1) is 21.4 Å². The van der Waals surface area contributed by atoms with Crippen LogP contribution in [0.25, 0.3) is 0 Å². The average molecular weight is 501 g/mol. The van der Waals surface area contributed by atoms with E-state index in [2.05, 4.69) is 10.8 Å². The Morgan fingerprint density at radius 2 is 1.74 bits per heavy atom. The van der Waals surface area contributed by atoms with E-state index in [4.69, 9.17) is 0 Å². The predicted octanol–water partition coefficient (Wildman–Crippen LogP) is 6.44. The zero-order valence-corrected chi connectivity index (χ0v) is 18.3. The Kier molecular flexibility index (Phi) is 7.77. The van der Waals surface area contributed by atoms with Gasteiger partial charge >= 0.3 is 6.36 Å². The summed E-state index contributed by atoms with van der Waals surface area (Å²) in [5.74, 6) is -0.516. The van der Waals surface area contributed by atoms with Gasteiger partial charge in [0.15, 0.2) is 6.17 Å². The largest absolute Gasteiger partial charge is 0.573 e. The van der Waals surface area contributed by atoms with Gasteiger partial charge in [-0.15, -0.1) is 13.2 Å². The SMILES string of the molecule is N#CC1(c2ccc(N(Cc3ccc(OC(F)(F)F)cc3)CC(F)C(F)F)c([N+](=O)[O-])c2)CCCC1. The van der Waals surface area contributed by atoms with Crippen molar-refractivity contribution in [2.75, 3.05) is 11.4 Å². The molecule has 0 aliphatic heterocycles. The molecule has 0 N–H and O–H groups in total. The first-order valence-electron chi connectivity index (χ1n) is 10.7. The molecule has 0 saturated heterocycles. The van der Waals surface area contributed by atoms with Crippen LogP contribution in [-0.2, 0) is 12.0 Å². The summed E-state index contributed by atoms with van der Waals surface area (Å²) in [5, 5.41) is 21.6. The van der Waals surface area contributed by atoms with E-state index < -0.39 is 47.3 Å². The molecule has 0 radical (unpaired) electrons. The Hall–Kier alpha value is -3.49. The summed E-state index contributed by atoms with van der Waals surface area (Å²) in [4.78, 5) is 12.2. The summed E-state index contributed by atoms with van der Waals surface area (Å²) >= 11 is 0. The summed E-state index contributed by atoms with van der Waals surface area (Å²) in [5.41, 5.74) is -0.823. The van der Waals surface area contributed by atoms with E-state index in [0.717, 1.165) is 29.9 Å². The summed E-state index contributed by atoms with van der Waals surface area (Å²) in [6.45, 7) is -1.20. The minimum Gasteiger partial charge on any atom is -0.406 e. The van der Waals surface area contributed by atoms with Crippen molar-refractivity contribution in [2.45, 2.75) is 56.6 Å². The molecule has 1 saturated carbocycles. The van der Waals surface area contributed by atoms with Crippen LogP contribution in [0.2, 0.25) is 0 Å². The molecule has 1 atom stereocenters. The van der Waals surface area contributed by atoms with Gasteiger partial charge in [0.05, 0.1) is 23.0 Å². The van der Waals surface area contributed by atoms with Gasteiger partial charge in [-0.05, 0) is 42.2 Å². The minimum atomic E-state index is -4.91. The third-order valence-electron chi connectivity index (χ3n) is 5.94. The second-order valence-electron chi connectivity index (χ2n) is 8.28. The van der Waals surface area contributed by atoms with Crippen molar-refractivity contribution in [1.29, 1.82) is 5.26 Å². The highest BCUT2D eigenvalue weighted by Gasteiger charge is 2.38. The van der Waals surface area contributed by atoms with Crippen LogP contribution in [0.15, 0.2) is 42.5 Å². The molecule has 3 rings (SSSR count). The third-order valence-corrected chi connectivity index (χ3v) is 5.94. The lowest BCUT2D eigenvalue weighted by molar-refractivity contribution is -0.384. The number of rotatable bonds is 9. The maximum Gasteiger partial charge on any atom is 0.573 e. The average Bonchev–Trinajstić information content (AvgIpc) is 3.29. The van der Waals surface area contributed by atoms with E-state index in [-0.39, 0.29) is 17.8 Å². The number of halogens is 6. The number of hydrogen-bond donors (Lipinski definition) is 0. The molecule has 35 heavy (non-hydrogen) atoms. The van der Waals surface area contributed by atoms with Crippen LogP contribution in [0.3, 0.4) is 0 Å². The van der Waals surface area contributed by atoms with Gasteiger partial charge in [-0.25, -0.2) is 13.2 Å². The smallest absolute Gasteiger partial charge is 0.406 e. The first-order chi connectivity index (χ1) is 16.4. The van der Waals surface area contributed by atoms with Gasteiger partial charge < -0.3 is 9.64 Å². The number of benzene rings is 2. The maximum absolute atomic E-state index is 14.0. The Labute approximate surface area is 196 Å². The fraction of sp³-hybridized carbons (Fsp3) is 0.435. The lowest BCUT2D eigenvalue weighted by atomic mass is 9.80. The topological polar surface area (TPSA) is 79.4 Å². The zero-order chi connectivity index (χ0) is 25.8. The molecule has 0 aromatic heterocycles. The number of nitro benzene ring substituents is 1. The Morgan fingerprint density at radius 3 is 2.26 bits per heavy atom. The standard InChI is InChI=1S/C23H21F6N3O3/c24-18(21(25)26)13-31(12-15-3-6-17(7-4-15)35-23(27,28)29)19-8-5-16(11-20(19)32(33)34)22(14-30)9-1-2-10-22/h3-8,11,18,21H,1-2,9-10,12-13H2. The molecule has 6 nitrogen and oxygen atoms in total. The van der Waals surface area contributed by atoms with Crippen molar-refractivity contribution in [3.8, 4) is 11.8 Å². The van der Waals surface area contributed by atoms with Gasteiger partial charge in [0.25, 0.3) is 12.1 Å². The van der Waals surface area contributed by atoms with E-state index in [0.29, 0.717) is 18.4 Å². The van der Waals surface area contributed by atoms with Crippen LogP contribution < -0.4 is 9.64 Å². The Bertz CT molecular complexity index is 1080. The van der Waals surface area contributed by atoms with Crippen molar-refractivity contribution >= 4 is 11.4 Å². The number of nitro groups is 1. The summed E-state index contributed by atoms with van der Waals surface area (Å²) in [7, 11) is 0. The third kappa shape index (κ3) is 6.35. The van der Waals surface area contributed by atoms with Crippen LogP contribution in [0.5, 0.6) is 5.75 Å². The first kappa shape index (κ1) is 26.1. The first-order valence-corrected chi connectivity index (χ1v) is 10.7. The van der Waals surface area contributed by atoms with E-state index in [1.54, 1.807) is 0 Å². The van der Waals surface area contributed by atoms with Gasteiger partial charge in [0, 0.05) is 12.6 Å². The Morgan fingerprint density at radius 1 is 1.11 bits per heavy atom. The van der Waals surface area contributed by atoms with Gasteiger partial charge in [-0.1, -0.05) is 31.0 Å². The normalized spacial score (nSPS) is 16.1. The number of nitrogens with zero attached hydrogens (tertiary/aromatic N) is 3. The summed E-state index contributed by atoms with van der Waals surface area (Å²) < 4.78 is 80.9. The van der Waals surface area contributed by atoms with Crippen LogP contribution >= 0.6 is 0 Å². The molecule has 2 aromatic rings. The molecule has 0 bridgehead atoms. The lowest BCUT2D eigenvalue weighted by Gasteiger charge is -2.28. The van der Waals surface area contributed by atoms with Crippen molar-refractivity contribution in [3.63, 3.8) is 0 Å². The highest BCUT2D eigenvalue weighted by molar-refractivity contribution is 5.66. The van der Waals surface area contributed by atoms with Crippen molar-refractivity contribution in [3.05, 3.63) is 63.7 Å². The minimum absolute atomic E-state index is 0.149. The molecule has 0 spiro atoms. The van der Waals surface area contributed by atoms with Gasteiger partial charge in [-0.3, -0.25) is 10.1 Å². The molecule has 12 heteroatoms. The molecule has 2 aromatic carbocycles. The number of ether oxygens (including phenoxy) is 1. The zero-order valence-electron chi connectivity index (χ0n) is 18.3. The lowest BCUT2D eigenvalue weighted by Crippen LogP contribution is -2.34. The van der Waals surface area contributed by atoms with E-state index >= 15 is 0 Å². The van der Waals surface area contributed by atoms with Crippen LogP contribution in [-0.4, -0.2) is 30.4 Å². The van der Waals surface area contributed by atoms with Crippen molar-refractivity contribution in [2.24, 2.45) is 0 Å². The van der Waals surface area contributed by atoms with Gasteiger partial charge in [0.2, 0.25) is 0 Å². The molecule has 1 aliphatic rings. The fourth-order valence-electron chi connectivity index (χ4n) is 4.23. The highest BCUT2D eigenvalue weighted by Crippen LogP contribution is 2.43. The molecule has 1 unspecified atom stereocenters. The second kappa shape index (κ2) is 10.4. The van der Waals surface area contributed by atoms with Gasteiger partial charge in [0.1, 0.15) is 11.4 Å². The second-order valence-corrected chi connectivity index (χ2v) is 8.28. The quantitative estimate of drug-likeness (QED) is 0.225. The molecule has 0 amide bonds. The molecular weight excluding hydrogens is 480 g/mol. The number of nitriles is 1. The molecule has 0 heterocycles. The monoisotopic (exact) mass is 501 g/mol. The van der Waals surface area contributed by atoms with E-state index in [1.165, 1.54) is 30.3 Å². The van der Waals surface area contributed by atoms with Crippen molar-refractivity contribution < 1.29 is 36.0 Å². The van der Waals surface area contributed by atoms with Crippen molar-refractivity contribution in [1.82, 2.24) is 0 Å².